The average Bonchev–Trinajstić information content (AvgIpc) is 3.23. The van der Waals surface area contributed by atoms with Crippen molar-refractivity contribution in [1.29, 1.82) is 0 Å². The van der Waals surface area contributed by atoms with Gasteiger partial charge in [0.2, 0.25) is 5.91 Å². The first-order valence-electron chi connectivity index (χ1n) is 14.9. The van der Waals surface area contributed by atoms with E-state index in [0.717, 1.165) is 44.9 Å². The van der Waals surface area contributed by atoms with Gasteiger partial charge in [-0.25, -0.2) is 0 Å². The van der Waals surface area contributed by atoms with E-state index in [0.29, 0.717) is 41.8 Å². The molecule has 0 radical (unpaired) electrons. The Morgan fingerprint density at radius 3 is 2.27 bits per heavy atom. The van der Waals surface area contributed by atoms with Crippen LogP contribution in [-0.4, -0.2) is 28.8 Å². The molecular formula is C32H49NO4. The summed E-state index contributed by atoms with van der Waals surface area (Å²) in [5.74, 6) is 2.14. The van der Waals surface area contributed by atoms with E-state index in [1.165, 1.54) is 18.4 Å². The Morgan fingerprint density at radius 2 is 1.62 bits per heavy atom. The van der Waals surface area contributed by atoms with Gasteiger partial charge in [-0.3, -0.25) is 14.4 Å². The van der Waals surface area contributed by atoms with Crippen molar-refractivity contribution in [3.63, 3.8) is 0 Å². The van der Waals surface area contributed by atoms with Gasteiger partial charge in [-0.1, -0.05) is 39.8 Å². The lowest BCUT2D eigenvalue weighted by molar-refractivity contribution is -0.199. The van der Waals surface area contributed by atoms with Crippen LogP contribution in [-0.2, 0) is 14.4 Å². The number of hydrogen-bond donors (Lipinski definition) is 2. The Morgan fingerprint density at radius 1 is 0.946 bits per heavy atom. The van der Waals surface area contributed by atoms with E-state index in [9.17, 15) is 19.5 Å². The van der Waals surface area contributed by atoms with Crippen molar-refractivity contribution in [2.75, 3.05) is 0 Å². The number of Topliss-reactive ketones (excluding diaryl/α,β-unsaturated/α-hetero) is 1. The zero-order valence-corrected chi connectivity index (χ0v) is 24.0. The summed E-state index contributed by atoms with van der Waals surface area (Å²) >= 11 is 0. The van der Waals surface area contributed by atoms with Crippen LogP contribution >= 0.6 is 0 Å². The molecule has 0 aromatic heterocycles. The van der Waals surface area contributed by atoms with Crippen LogP contribution in [0.1, 0.15) is 106 Å². The molecule has 7 unspecified atom stereocenters. The monoisotopic (exact) mass is 511 g/mol. The number of carbonyl (C=O) groups is 3. The first kappa shape index (κ1) is 26.9. The van der Waals surface area contributed by atoms with Gasteiger partial charge in [0.05, 0.1) is 5.41 Å². The highest BCUT2D eigenvalue weighted by atomic mass is 16.4. The van der Waals surface area contributed by atoms with E-state index < -0.39 is 17.4 Å². The number of fused-ring (bicyclic) bond motifs is 7. The van der Waals surface area contributed by atoms with Crippen LogP contribution in [0, 0.1) is 57.2 Å². The fraction of sp³-hybridized carbons (Fsp3) is 0.844. The summed E-state index contributed by atoms with van der Waals surface area (Å²) in [6, 6.07) is -0.870. The minimum atomic E-state index is -0.976. The smallest absolute Gasteiger partial charge is 0.325 e. The summed E-state index contributed by atoms with van der Waals surface area (Å²) in [7, 11) is 0. The molecular weight excluding hydrogens is 462 g/mol. The second kappa shape index (κ2) is 8.68. The van der Waals surface area contributed by atoms with Crippen molar-refractivity contribution in [2.45, 2.75) is 112 Å². The van der Waals surface area contributed by atoms with Gasteiger partial charge in [-0.2, -0.15) is 0 Å². The van der Waals surface area contributed by atoms with Gasteiger partial charge in [-0.15, -0.1) is 0 Å². The van der Waals surface area contributed by atoms with Crippen LogP contribution in [0.25, 0.3) is 0 Å². The SMILES string of the molecule is C=C(C)C1CC[C@]2(C(=O)NC(C)C(=O)O)CCC3C(CCC4[C@@]3(C)CCC3C(C)(C)C(=O)CC[C@@]34C)C12. The normalized spacial score (nSPS) is 47.0. The van der Waals surface area contributed by atoms with Gasteiger partial charge in [0.1, 0.15) is 11.8 Å². The van der Waals surface area contributed by atoms with Gasteiger partial charge in [-0.05, 0) is 118 Å². The first-order valence-corrected chi connectivity index (χ1v) is 14.9. The lowest BCUT2D eigenvalue weighted by Gasteiger charge is -2.68. The zero-order valence-electron chi connectivity index (χ0n) is 24.0. The molecule has 206 valence electrons. The quantitative estimate of drug-likeness (QED) is 0.427. The number of hydrogen-bond acceptors (Lipinski definition) is 3. The van der Waals surface area contributed by atoms with E-state index in [1.807, 2.05) is 0 Å². The van der Waals surface area contributed by atoms with Crippen molar-refractivity contribution >= 4 is 17.7 Å². The van der Waals surface area contributed by atoms with Crippen molar-refractivity contribution in [2.24, 2.45) is 57.2 Å². The summed E-state index contributed by atoms with van der Waals surface area (Å²) in [5, 5.41) is 12.4. The maximum Gasteiger partial charge on any atom is 0.325 e. The topological polar surface area (TPSA) is 83.5 Å². The predicted octanol–water partition coefficient (Wildman–Crippen LogP) is 6.41. The second-order valence-corrected chi connectivity index (χ2v) is 14.9. The van der Waals surface area contributed by atoms with E-state index in [-0.39, 0.29) is 28.1 Å². The Bertz CT molecular complexity index is 1020. The Labute approximate surface area is 223 Å². The third kappa shape index (κ3) is 3.64. The Balaban J connectivity index is 1.49. The third-order valence-corrected chi connectivity index (χ3v) is 13.1. The number of carboxylic acids is 1. The molecule has 5 fully saturated rings. The molecule has 1 amide bonds. The molecule has 5 aliphatic carbocycles. The van der Waals surface area contributed by atoms with Crippen molar-refractivity contribution in [3.8, 4) is 0 Å². The number of carboxylic acid groups (broad SMARTS) is 1. The highest BCUT2D eigenvalue weighted by Gasteiger charge is 2.68. The summed E-state index contributed by atoms with van der Waals surface area (Å²) in [5.41, 5.74) is 0.897. The molecule has 37 heavy (non-hydrogen) atoms. The van der Waals surface area contributed by atoms with Gasteiger partial charge in [0.25, 0.3) is 0 Å². The number of ketones is 1. The molecule has 0 aromatic carbocycles. The number of aliphatic carboxylic acids is 1. The average molecular weight is 512 g/mol. The number of carbonyl (C=O) groups excluding carboxylic acids is 2. The van der Waals surface area contributed by atoms with Gasteiger partial charge in [0, 0.05) is 11.8 Å². The number of rotatable bonds is 4. The van der Waals surface area contributed by atoms with Gasteiger partial charge < -0.3 is 10.4 Å². The first-order chi connectivity index (χ1) is 17.2. The Kier molecular flexibility index (Phi) is 6.32. The fourth-order valence-corrected chi connectivity index (χ4v) is 11.4. The number of amides is 1. The number of nitrogens with one attached hydrogen (secondary N) is 1. The van der Waals surface area contributed by atoms with Crippen LogP contribution in [0.2, 0.25) is 0 Å². The van der Waals surface area contributed by atoms with Crippen molar-refractivity contribution in [3.05, 3.63) is 12.2 Å². The molecule has 10 atom stereocenters. The molecule has 2 N–H and O–H groups in total. The summed E-state index contributed by atoms with van der Waals surface area (Å²) in [4.78, 5) is 38.3. The van der Waals surface area contributed by atoms with Crippen LogP contribution in [0.3, 0.4) is 0 Å². The fourth-order valence-electron chi connectivity index (χ4n) is 11.4. The minimum absolute atomic E-state index is 0.0370. The minimum Gasteiger partial charge on any atom is -0.480 e. The Hall–Kier alpha value is -1.65. The van der Waals surface area contributed by atoms with E-state index in [2.05, 4.69) is 46.5 Å². The standard InChI is InChI=1S/C32H49NO4/c1-18(2)20-10-16-32(28(37)33-19(3)27(35)36)17-11-22-21(26(20)32)8-9-24-30(22,6)14-12-23-29(4,5)25(34)13-15-31(23,24)7/h19-24,26H,1,8-17H2,2-7H3,(H,33,37)(H,35,36)/t19?,20?,21?,22?,23?,24?,26?,30-,31-,32-/m0/s1. The molecule has 0 spiro atoms. The molecule has 5 saturated carbocycles. The van der Waals surface area contributed by atoms with Gasteiger partial charge in [0.15, 0.2) is 0 Å². The maximum absolute atomic E-state index is 13.8. The molecule has 5 nitrogen and oxygen atoms in total. The molecule has 5 heteroatoms. The summed E-state index contributed by atoms with van der Waals surface area (Å²) < 4.78 is 0. The molecule has 0 heterocycles. The van der Waals surface area contributed by atoms with E-state index in [1.54, 1.807) is 6.92 Å². The highest BCUT2D eigenvalue weighted by Crippen LogP contribution is 2.73. The lowest BCUT2D eigenvalue weighted by atomic mass is 9.36. The molecule has 5 aliphatic rings. The molecule has 0 saturated heterocycles. The van der Waals surface area contributed by atoms with Crippen LogP contribution in [0.4, 0.5) is 0 Å². The molecule has 0 aromatic rings. The third-order valence-electron chi connectivity index (χ3n) is 13.1. The van der Waals surface area contributed by atoms with Crippen molar-refractivity contribution in [1.82, 2.24) is 5.32 Å². The second-order valence-electron chi connectivity index (χ2n) is 14.9. The van der Waals surface area contributed by atoms with Crippen LogP contribution in [0.15, 0.2) is 12.2 Å². The highest BCUT2D eigenvalue weighted by molar-refractivity contribution is 5.88. The van der Waals surface area contributed by atoms with E-state index >= 15 is 0 Å². The molecule has 0 aliphatic heterocycles. The maximum atomic E-state index is 13.8. The summed E-state index contributed by atoms with van der Waals surface area (Å²) in [6.45, 7) is 17.5. The van der Waals surface area contributed by atoms with Crippen LogP contribution < -0.4 is 5.32 Å². The zero-order chi connectivity index (χ0) is 27.1. The van der Waals surface area contributed by atoms with Crippen LogP contribution in [0.5, 0.6) is 0 Å². The lowest BCUT2D eigenvalue weighted by Crippen LogP contribution is -2.63. The summed E-state index contributed by atoms with van der Waals surface area (Å²) in [6.07, 6.45) is 10.1. The largest absolute Gasteiger partial charge is 0.480 e. The number of allylic oxidation sites excluding steroid dienone is 1. The van der Waals surface area contributed by atoms with Crippen molar-refractivity contribution < 1.29 is 19.5 Å². The predicted molar refractivity (Wildman–Crippen MR) is 145 cm³/mol. The molecule has 0 bridgehead atoms. The molecule has 5 rings (SSSR count). The van der Waals surface area contributed by atoms with Gasteiger partial charge >= 0.3 is 5.97 Å². The van der Waals surface area contributed by atoms with E-state index in [4.69, 9.17) is 0 Å².